The van der Waals surface area contributed by atoms with Crippen molar-refractivity contribution in [3.05, 3.63) is 18.2 Å². The van der Waals surface area contributed by atoms with Crippen molar-refractivity contribution >= 4 is 29.6 Å². The number of amides is 4. The van der Waals surface area contributed by atoms with Crippen molar-refractivity contribution in [1.82, 2.24) is 25.9 Å². The normalized spacial score (nSPS) is 13.6. The number of rotatable bonds is 11. The molecule has 0 aromatic carbocycles. The zero-order valence-electron chi connectivity index (χ0n) is 15.1. The number of aromatic nitrogens is 2. The second-order valence-corrected chi connectivity index (χ2v) is 5.96. The van der Waals surface area contributed by atoms with E-state index in [4.69, 9.17) is 16.6 Å². The summed E-state index contributed by atoms with van der Waals surface area (Å²) >= 11 is 0. The smallest absolute Gasteiger partial charge is 0.325 e. The SMILES string of the molecule is CC(NC(=O)CNC(=O)C(CC(N)=O)NC(=O)C(N)Cc1cnc[nH]1)C(=O)O. The molecule has 0 fully saturated rings. The Morgan fingerprint density at radius 1 is 1.21 bits per heavy atom. The van der Waals surface area contributed by atoms with Crippen LogP contribution in [0.1, 0.15) is 19.0 Å². The quantitative estimate of drug-likeness (QED) is 0.197. The van der Waals surface area contributed by atoms with Crippen LogP contribution in [0.15, 0.2) is 12.5 Å². The molecule has 9 N–H and O–H groups in total. The first-order chi connectivity index (χ1) is 13.1. The van der Waals surface area contributed by atoms with Gasteiger partial charge in [0.05, 0.1) is 25.3 Å². The summed E-state index contributed by atoms with van der Waals surface area (Å²) in [7, 11) is 0. The molecular formula is C15H23N7O6. The van der Waals surface area contributed by atoms with Gasteiger partial charge in [-0.05, 0) is 6.92 Å². The first kappa shape index (κ1) is 22.6. The van der Waals surface area contributed by atoms with Crippen LogP contribution in [0.4, 0.5) is 0 Å². The Labute approximate surface area is 159 Å². The second kappa shape index (κ2) is 10.6. The van der Waals surface area contributed by atoms with Gasteiger partial charge in [-0.15, -0.1) is 0 Å². The Morgan fingerprint density at radius 3 is 2.43 bits per heavy atom. The van der Waals surface area contributed by atoms with Gasteiger partial charge >= 0.3 is 5.97 Å². The number of hydrogen-bond donors (Lipinski definition) is 7. The van der Waals surface area contributed by atoms with Crippen molar-refractivity contribution in [1.29, 1.82) is 0 Å². The summed E-state index contributed by atoms with van der Waals surface area (Å²) < 4.78 is 0. The van der Waals surface area contributed by atoms with Gasteiger partial charge in [-0.2, -0.15) is 0 Å². The first-order valence-electron chi connectivity index (χ1n) is 8.21. The highest BCUT2D eigenvalue weighted by atomic mass is 16.4. The zero-order chi connectivity index (χ0) is 21.3. The number of carbonyl (C=O) groups is 5. The van der Waals surface area contributed by atoms with Crippen molar-refractivity contribution in [2.75, 3.05) is 6.54 Å². The van der Waals surface area contributed by atoms with Gasteiger partial charge in [-0.3, -0.25) is 24.0 Å². The number of imidazole rings is 1. The van der Waals surface area contributed by atoms with E-state index in [2.05, 4.69) is 25.9 Å². The molecule has 0 aliphatic carbocycles. The third-order valence-electron chi connectivity index (χ3n) is 3.54. The molecule has 1 rings (SSSR count). The lowest BCUT2D eigenvalue weighted by molar-refractivity contribution is -0.141. The molecular weight excluding hydrogens is 374 g/mol. The number of hydrogen-bond acceptors (Lipinski definition) is 7. The van der Waals surface area contributed by atoms with Crippen molar-refractivity contribution < 1.29 is 29.1 Å². The third kappa shape index (κ3) is 7.82. The predicted octanol–water partition coefficient (Wildman–Crippen LogP) is -3.65. The standard InChI is InChI=1S/C15H23N7O6/c1-7(15(27)28)21-12(24)5-19-14(26)10(3-11(17)23)22-13(25)9(16)2-8-4-18-6-20-8/h4,6-7,9-10H,2-3,5,16H2,1H3,(H2,17,23)(H,18,20)(H,19,26)(H,21,24)(H,22,25)(H,27,28). The maximum Gasteiger partial charge on any atom is 0.325 e. The molecule has 0 saturated carbocycles. The second-order valence-electron chi connectivity index (χ2n) is 5.96. The van der Waals surface area contributed by atoms with E-state index in [1.165, 1.54) is 19.4 Å². The van der Waals surface area contributed by atoms with E-state index in [1.54, 1.807) is 0 Å². The van der Waals surface area contributed by atoms with Crippen LogP contribution in [0.2, 0.25) is 0 Å². The van der Waals surface area contributed by atoms with E-state index < -0.39 is 60.7 Å². The van der Waals surface area contributed by atoms with Crippen LogP contribution in [0, 0.1) is 0 Å². The fourth-order valence-electron chi connectivity index (χ4n) is 2.06. The lowest BCUT2D eigenvalue weighted by Gasteiger charge is -2.19. The molecule has 3 atom stereocenters. The average molecular weight is 397 g/mol. The van der Waals surface area contributed by atoms with E-state index in [9.17, 15) is 24.0 Å². The molecule has 4 amide bonds. The van der Waals surface area contributed by atoms with Crippen molar-refractivity contribution in [2.45, 2.75) is 37.9 Å². The van der Waals surface area contributed by atoms with Gasteiger partial charge in [0.15, 0.2) is 0 Å². The largest absolute Gasteiger partial charge is 0.480 e. The minimum atomic E-state index is -1.34. The lowest BCUT2D eigenvalue weighted by Crippen LogP contribution is -2.54. The van der Waals surface area contributed by atoms with Crippen LogP contribution in [0.25, 0.3) is 0 Å². The van der Waals surface area contributed by atoms with Crippen molar-refractivity contribution in [2.24, 2.45) is 11.5 Å². The predicted molar refractivity (Wildman–Crippen MR) is 94.3 cm³/mol. The summed E-state index contributed by atoms with van der Waals surface area (Å²) in [5.41, 5.74) is 11.5. The summed E-state index contributed by atoms with van der Waals surface area (Å²) in [5.74, 6) is -4.42. The first-order valence-corrected chi connectivity index (χ1v) is 8.21. The minimum absolute atomic E-state index is 0.117. The maximum absolute atomic E-state index is 12.2. The molecule has 1 heterocycles. The highest BCUT2D eigenvalue weighted by molar-refractivity contribution is 5.95. The molecule has 13 nitrogen and oxygen atoms in total. The highest BCUT2D eigenvalue weighted by Crippen LogP contribution is 1.99. The number of nitrogens with two attached hydrogens (primary N) is 2. The number of nitrogens with one attached hydrogen (secondary N) is 4. The molecule has 0 saturated heterocycles. The number of carboxylic acids is 1. The fraction of sp³-hybridized carbons (Fsp3) is 0.467. The van der Waals surface area contributed by atoms with Crippen molar-refractivity contribution in [3.63, 3.8) is 0 Å². The Bertz CT molecular complexity index is 720. The molecule has 0 bridgehead atoms. The molecule has 13 heteroatoms. The molecule has 1 aromatic rings. The molecule has 1 aromatic heterocycles. The number of aromatic amines is 1. The number of carboxylic acid groups (broad SMARTS) is 1. The van der Waals surface area contributed by atoms with Gasteiger partial charge in [-0.1, -0.05) is 0 Å². The number of nitrogens with zero attached hydrogens (tertiary/aromatic N) is 1. The van der Waals surface area contributed by atoms with Gasteiger partial charge in [0.2, 0.25) is 23.6 Å². The van der Waals surface area contributed by atoms with Gasteiger partial charge in [0, 0.05) is 18.3 Å². The maximum atomic E-state index is 12.2. The fourth-order valence-corrected chi connectivity index (χ4v) is 2.06. The topological polar surface area (TPSA) is 222 Å². The lowest BCUT2D eigenvalue weighted by atomic mass is 10.1. The van der Waals surface area contributed by atoms with Crippen LogP contribution in [0.3, 0.4) is 0 Å². The van der Waals surface area contributed by atoms with Gasteiger partial charge in [0.25, 0.3) is 0 Å². The van der Waals surface area contributed by atoms with Gasteiger partial charge in [-0.25, -0.2) is 4.98 Å². The summed E-state index contributed by atoms with van der Waals surface area (Å²) in [6, 6.07) is -3.52. The van der Waals surface area contributed by atoms with Gasteiger partial charge in [0.1, 0.15) is 12.1 Å². The van der Waals surface area contributed by atoms with Crippen LogP contribution in [0.5, 0.6) is 0 Å². The highest BCUT2D eigenvalue weighted by Gasteiger charge is 2.26. The summed E-state index contributed by atoms with van der Waals surface area (Å²) in [5, 5.41) is 15.4. The van der Waals surface area contributed by atoms with E-state index in [0.717, 1.165) is 0 Å². The molecule has 0 aliphatic heterocycles. The van der Waals surface area contributed by atoms with E-state index in [1.807, 2.05) is 0 Å². The molecule has 0 radical (unpaired) electrons. The number of H-pyrrole nitrogens is 1. The van der Waals surface area contributed by atoms with Gasteiger partial charge < -0.3 is 37.5 Å². The Morgan fingerprint density at radius 2 is 1.89 bits per heavy atom. The average Bonchev–Trinajstić information content (AvgIpc) is 3.11. The Hall–Kier alpha value is -3.48. The number of aliphatic carboxylic acids is 1. The molecule has 0 aliphatic rings. The number of carbonyl (C=O) groups excluding carboxylic acids is 4. The third-order valence-corrected chi connectivity index (χ3v) is 3.54. The van der Waals surface area contributed by atoms with E-state index >= 15 is 0 Å². The molecule has 0 spiro atoms. The molecule has 28 heavy (non-hydrogen) atoms. The summed E-state index contributed by atoms with van der Waals surface area (Å²) in [6.45, 7) is 0.695. The summed E-state index contributed by atoms with van der Waals surface area (Å²) in [6.07, 6.45) is 2.50. The van der Waals surface area contributed by atoms with Crippen LogP contribution < -0.4 is 27.4 Å². The van der Waals surface area contributed by atoms with Crippen LogP contribution in [-0.2, 0) is 30.4 Å². The van der Waals surface area contributed by atoms with Crippen LogP contribution >= 0.6 is 0 Å². The Kier molecular flexibility index (Phi) is 8.55. The monoisotopic (exact) mass is 397 g/mol. The van der Waals surface area contributed by atoms with E-state index in [-0.39, 0.29) is 6.42 Å². The van der Waals surface area contributed by atoms with Crippen molar-refractivity contribution in [3.8, 4) is 0 Å². The minimum Gasteiger partial charge on any atom is -0.480 e. The number of primary amides is 1. The zero-order valence-corrected chi connectivity index (χ0v) is 15.1. The summed E-state index contributed by atoms with van der Waals surface area (Å²) in [4.78, 5) is 64.4. The van der Waals surface area contributed by atoms with E-state index in [0.29, 0.717) is 5.69 Å². The molecule has 154 valence electrons. The molecule has 3 unspecified atom stereocenters. The van der Waals surface area contributed by atoms with Crippen LogP contribution in [-0.4, -0.2) is 69.3 Å². The Balaban J connectivity index is 2.61.